The van der Waals surface area contributed by atoms with Crippen molar-refractivity contribution in [2.24, 2.45) is 0 Å². The Hall–Kier alpha value is -2.10. The van der Waals surface area contributed by atoms with Gasteiger partial charge in [-0.2, -0.15) is 0 Å². The molecule has 0 amide bonds. The highest BCUT2D eigenvalue weighted by Crippen LogP contribution is 2.25. The topological polar surface area (TPSA) is 20.5 Å². The average molecular weight is 269 g/mol. The maximum atomic E-state index is 13.3. The van der Waals surface area contributed by atoms with Crippen molar-refractivity contribution in [2.45, 2.75) is 19.5 Å². The van der Waals surface area contributed by atoms with Gasteiger partial charge >= 0.3 is 0 Å². The van der Waals surface area contributed by atoms with Crippen molar-refractivity contribution in [3.05, 3.63) is 42.1 Å². The van der Waals surface area contributed by atoms with Crippen LogP contribution < -0.4 is 4.90 Å². The molecule has 1 aromatic carbocycles. The summed E-state index contributed by atoms with van der Waals surface area (Å²) in [5.41, 5.74) is 5.33. The average Bonchev–Trinajstić information content (AvgIpc) is 3.01. The van der Waals surface area contributed by atoms with Gasteiger partial charge in [-0.15, -0.1) is 0 Å². The molecule has 0 bridgehead atoms. The summed E-state index contributed by atoms with van der Waals surface area (Å²) in [6.45, 7) is 3.37. The Balaban J connectivity index is 1.85. The molecule has 1 aliphatic heterocycles. The molecule has 0 radical (unpaired) electrons. The van der Waals surface area contributed by atoms with E-state index in [4.69, 9.17) is 0 Å². The van der Waals surface area contributed by atoms with Crippen LogP contribution in [0, 0.1) is 6.92 Å². The number of hydrogen-bond acceptors (Lipinski definition) is 2. The number of nitrogens with zero attached hydrogens (tertiary/aromatic N) is 3. The van der Waals surface area contributed by atoms with Crippen LogP contribution in [0.3, 0.4) is 0 Å². The predicted molar refractivity (Wildman–Crippen MR) is 79.2 cm³/mol. The molecule has 1 saturated heterocycles. The molecule has 4 rings (SSSR count). The number of pyridine rings is 1. The normalized spacial score (nSPS) is 19.3. The van der Waals surface area contributed by atoms with Crippen molar-refractivity contribution in [3.8, 4) is 0 Å². The second kappa shape index (κ2) is 4.20. The Kier molecular flexibility index (Phi) is 2.46. The number of fused-ring (bicyclic) bond motifs is 3. The third-order valence-corrected chi connectivity index (χ3v) is 4.04. The summed E-state index contributed by atoms with van der Waals surface area (Å²) >= 11 is 0. The Bertz CT molecular complexity index is 793. The van der Waals surface area contributed by atoms with Gasteiger partial charge in [0.1, 0.15) is 11.8 Å². The van der Waals surface area contributed by atoms with Gasteiger partial charge in [0.05, 0.1) is 11.0 Å². The molecule has 0 unspecified atom stereocenters. The van der Waals surface area contributed by atoms with E-state index in [0.717, 1.165) is 28.9 Å². The number of rotatable bonds is 1. The molecule has 3 heterocycles. The van der Waals surface area contributed by atoms with Crippen LogP contribution >= 0.6 is 0 Å². The zero-order chi connectivity index (χ0) is 13.7. The van der Waals surface area contributed by atoms with Gasteiger partial charge in [0.15, 0.2) is 0 Å². The number of aryl methyl sites for hydroxylation is 1. The van der Waals surface area contributed by atoms with E-state index >= 15 is 0 Å². The second-order valence-electron chi connectivity index (χ2n) is 5.55. The second-order valence-corrected chi connectivity index (χ2v) is 5.55. The minimum absolute atomic E-state index is 0.496. The first-order chi connectivity index (χ1) is 9.70. The fraction of sp³-hybridized carbons (Fsp3) is 0.312. The van der Waals surface area contributed by atoms with E-state index in [1.807, 2.05) is 18.3 Å². The van der Waals surface area contributed by atoms with E-state index in [1.165, 1.54) is 5.56 Å². The Morgan fingerprint density at radius 3 is 2.95 bits per heavy atom. The molecule has 1 atom stereocenters. The lowest BCUT2D eigenvalue weighted by Crippen LogP contribution is -2.19. The first-order valence-electron chi connectivity index (χ1n) is 6.98. The van der Waals surface area contributed by atoms with Gasteiger partial charge in [0.25, 0.3) is 0 Å². The highest BCUT2D eigenvalue weighted by molar-refractivity contribution is 5.82. The van der Waals surface area contributed by atoms with Gasteiger partial charge in [-0.05, 0) is 37.1 Å². The van der Waals surface area contributed by atoms with Crippen molar-refractivity contribution in [1.29, 1.82) is 0 Å². The molecule has 3 nitrogen and oxygen atoms in total. The van der Waals surface area contributed by atoms with Crippen molar-refractivity contribution >= 4 is 22.4 Å². The molecule has 20 heavy (non-hydrogen) atoms. The number of halogens is 1. The first kappa shape index (κ1) is 11.7. The van der Waals surface area contributed by atoms with E-state index in [-0.39, 0.29) is 0 Å². The van der Waals surface area contributed by atoms with Crippen LogP contribution in [0.15, 0.2) is 36.5 Å². The summed E-state index contributed by atoms with van der Waals surface area (Å²) in [6.07, 6.45) is 1.96. The quantitative estimate of drug-likeness (QED) is 0.675. The van der Waals surface area contributed by atoms with Gasteiger partial charge in [-0.1, -0.05) is 6.07 Å². The third kappa shape index (κ3) is 1.75. The SMILES string of the molecule is Cc1ccc2nc3cc(N4CC[C@@H](F)C4)ccn3c2c1. The van der Waals surface area contributed by atoms with Crippen molar-refractivity contribution in [2.75, 3.05) is 18.0 Å². The lowest BCUT2D eigenvalue weighted by Gasteiger charge is -2.17. The molecule has 102 valence electrons. The van der Waals surface area contributed by atoms with Crippen LogP contribution in [0.2, 0.25) is 0 Å². The Labute approximate surface area is 116 Å². The lowest BCUT2D eigenvalue weighted by molar-refractivity contribution is 0.364. The van der Waals surface area contributed by atoms with E-state index in [2.05, 4.69) is 39.4 Å². The number of alkyl halides is 1. The summed E-state index contributed by atoms with van der Waals surface area (Å²) in [6, 6.07) is 10.4. The van der Waals surface area contributed by atoms with Crippen LogP contribution in [0.1, 0.15) is 12.0 Å². The van der Waals surface area contributed by atoms with Gasteiger partial charge in [-0.25, -0.2) is 9.37 Å². The molecule has 1 fully saturated rings. The Morgan fingerprint density at radius 2 is 2.15 bits per heavy atom. The number of benzene rings is 1. The van der Waals surface area contributed by atoms with Crippen LogP contribution in [-0.4, -0.2) is 28.6 Å². The third-order valence-electron chi connectivity index (χ3n) is 4.04. The van der Waals surface area contributed by atoms with Crippen LogP contribution in [-0.2, 0) is 0 Å². The minimum atomic E-state index is -0.701. The number of imidazole rings is 1. The van der Waals surface area contributed by atoms with Gasteiger partial charge in [0.2, 0.25) is 0 Å². The lowest BCUT2D eigenvalue weighted by atomic mass is 10.2. The summed E-state index contributed by atoms with van der Waals surface area (Å²) in [5.74, 6) is 0. The first-order valence-corrected chi connectivity index (χ1v) is 6.98. The smallest absolute Gasteiger partial charge is 0.139 e. The van der Waals surface area contributed by atoms with Crippen LogP contribution in [0.4, 0.5) is 10.1 Å². The molecular formula is C16H16FN3. The minimum Gasteiger partial charge on any atom is -0.368 e. The molecule has 0 saturated carbocycles. The summed E-state index contributed by atoms with van der Waals surface area (Å²) < 4.78 is 15.4. The maximum Gasteiger partial charge on any atom is 0.139 e. The molecule has 0 aliphatic carbocycles. The monoisotopic (exact) mass is 269 g/mol. The van der Waals surface area contributed by atoms with Crippen molar-refractivity contribution < 1.29 is 4.39 Å². The summed E-state index contributed by atoms with van der Waals surface area (Å²) in [4.78, 5) is 6.74. The highest BCUT2D eigenvalue weighted by Gasteiger charge is 2.22. The summed E-state index contributed by atoms with van der Waals surface area (Å²) in [7, 11) is 0. The molecule has 3 aromatic rings. The van der Waals surface area contributed by atoms with E-state index in [9.17, 15) is 4.39 Å². The predicted octanol–water partition coefficient (Wildman–Crippen LogP) is 3.34. The van der Waals surface area contributed by atoms with Crippen LogP contribution in [0.5, 0.6) is 0 Å². The number of hydrogen-bond donors (Lipinski definition) is 0. The molecule has 4 heteroatoms. The van der Waals surface area contributed by atoms with Crippen molar-refractivity contribution in [3.63, 3.8) is 0 Å². The maximum absolute atomic E-state index is 13.3. The molecule has 0 spiro atoms. The van der Waals surface area contributed by atoms with Gasteiger partial charge in [0, 0.05) is 31.0 Å². The highest BCUT2D eigenvalue weighted by atomic mass is 19.1. The molecular weight excluding hydrogens is 253 g/mol. The van der Waals surface area contributed by atoms with Gasteiger partial charge in [-0.3, -0.25) is 4.40 Å². The number of anilines is 1. The van der Waals surface area contributed by atoms with Crippen LogP contribution in [0.25, 0.3) is 16.7 Å². The summed E-state index contributed by atoms with van der Waals surface area (Å²) in [5, 5.41) is 0. The Morgan fingerprint density at radius 1 is 1.25 bits per heavy atom. The van der Waals surface area contributed by atoms with E-state index in [1.54, 1.807) is 0 Å². The zero-order valence-corrected chi connectivity index (χ0v) is 11.4. The van der Waals surface area contributed by atoms with Gasteiger partial charge < -0.3 is 4.90 Å². The molecule has 1 aliphatic rings. The van der Waals surface area contributed by atoms with Crippen molar-refractivity contribution in [1.82, 2.24) is 9.38 Å². The fourth-order valence-corrected chi connectivity index (χ4v) is 2.96. The zero-order valence-electron chi connectivity index (χ0n) is 11.4. The fourth-order valence-electron chi connectivity index (χ4n) is 2.96. The molecule has 2 aromatic heterocycles. The largest absolute Gasteiger partial charge is 0.368 e. The van der Waals surface area contributed by atoms with E-state index in [0.29, 0.717) is 13.0 Å². The standard InChI is InChI=1S/C16H16FN3/c1-11-2-3-14-15(8-11)20-7-5-13(9-16(20)18-14)19-6-4-12(17)10-19/h2-3,5,7-9,12H,4,6,10H2,1H3/t12-/m1/s1. The van der Waals surface area contributed by atoms with E-state index < -0.39 is 6.17 Å². The molecule has 0 N–H and O–H groups in total. The number of aromatic nitrogens is 2.